The summed E-state index contributed by atoms with van der Waals surface area (Å²) in [5.41, 5.74) is 0.0557. The van der Waals surface area contributed by atoms with Gasteiger partial charge in [0.1, 0.15) is 15.9 Å². The number of carbonyl (C=O) groups is 1. The van der Waals surface area contributed by atoms with E-state index in [0.717, 1.165) is 30.4 Å². The van der Waals surface area contributed by atoms with Crippen LogP contribution < -0.4 is 15.6 Å². The Bertz CT molecular complexity index is 1580. The zero-order valence-corrected chi connectivity index (χ0v) is 21.0. The van der Waals surface area contributed by atoms with Crippen LogP contribution in [-0.4, -0.2) is 24.0 Å². The Kier molecular flexibility index (Phi) is 6.24. The maximum atomic E-state index is 14.9. The van der Waals surface area contributed by atoms with Crippen LogP contribution >= 0.6 is 33.9 Å². The molecule has 0 bridgehead atoms. The molecular weight excluding hydrogens is 582 g/mol. The molecule has 0 unspecified atom stereocenters. The standard InChI is InChI=1S/C21H16FIN4O4S2/c1-11-3-8-19(32-11)33(30,31)26-21(29)25-14-5-7-18(16(22)10-14)27-12(2)24-17-9-13(23)4-6-15(17)20(27)28/h3-10H,1-2H3,(H2,25,26,29). The monoisotopic (exact) mass is 598 g/mol. The van der Waals surface area contributed by atoms with Crippen LogP contribution in [0.5, 0.6) is 0 Å². The summed E-state index contributed by atoms with van der Waals surface area (Å²) in [5.74, 6) is -0.495. The van der Waals surface area contributed by atoms with Crippen molar-refractivity contribution in [2.24, 2.45) is 0 Å². The zero-order chi connectivity index (χ0) is 23.9. The van der Waals surface area contributed by atoms with Gasteiger partial charge in [-0.25, -0.2) is 27.3 Å². The summed E-state index contributed by atoms with van der Waals surface area (Å²) in [5, 5.41) is 2.63. The van der Waals surface area contributed by atoms with E-state index >= 15 is 0 Å². The van der Waals surface area contributed by atoms with Crippen LogP contribution in [0, 0.1) is 23.2 Å². The Morgan fingerprint density at radius 1 is 1.12 bits per heavy atom. The molecule has 2 aromatic carbocycles. The molecule has 12 heteroatoms. The molecule has 8 nitrogen and oxygen atoms in total. The highest BCUT2D eigenvalue weighted by molar-refractivity contribution is 14.1. The molecular formula is C21H16FIN4O4S2. The second kappa shape index (κ2) is 8.83. The van der Waals surface area contributed by atoms with E-state index in [2.05, 4.69) is 32.9 Å². The van der Waals surface area contributed by atoms with Gasteiger partial charge in [0.25, 0.3) is 15.6 Å². The van der Waals surface area contributed by atoms with Crippen molar-refractivity contribution >= 4 is 66.6 Å². The van der Waals surface area contributed by atoms with Gasteiger partial charge in [0.05, 0.1) is 16.6 Å². The van der Waals surface area contributed by atoms with Gasteiger partial charge in [0, 0.05) is 14.1 Å². The summed E-state index contributed by atoms with van der Waals surface area (Å²) in [4.78, 5) is 30.3. The van der Waals surface area contributed by atoms with E-state index in [1.54, 1.807) is 38.1 Å². The minimum atomic E-state index is -4.05. The lowest BCUT2D eigenvalue weighted by Gasteiger charge is -2.13. The number of anilines is 1. The summed E-state index contributed by atoms with van der Waals surface area (Å²) in [6.07, 6.45) is 0. The predicted octanol–water partition coefficient (Wildman–Crippen LogP) is 4.32. The van der Waals surface area contributed by atoms with E-state index in [4.69, 9.17) is 0 Å². The van der Waals surface area contributed by atoms with E-state index < -0.39 is 27.4 Å². The number of nitrogens with one attached hydrogen (secondary N) is 2. The maximum Gasteiger partial charge on any atom is 0.333 e. The van der Waals surface area contributed by atoms with Crippen molar-refractivity contribution < 1.29 is 17.6 Å². The highest BCUT2D eigenvalue weighted by Crippen LogP contribution is 2.22. The normalized spacial score (nSPS) is 11.5. The lowest BCUT2D eigenvalue weighted by Crippen LogP contribution is -2.34. The summed E-state index contributed by atoms with van der Waals surface area (Å²) in [7, 11) is -4.05. The molecule has 0 atom stereocenters. The minimum Gasteiger partial charge on any atom is -0.307 e. The molecule has 0 spiro atoms. The molecule has 2 N–H and O–H groups in total. The third-order valence-electron chi connectivity index (χ3n) is 4.65. The Balaban J connectivity index is 1.61. The number of aryl methyl sites for hydroxylation is 2. The average Bonchev–Trinajstić information content (AvgIpc) is 3.16. The van der Waals surface area contributed by atoms with Gasteiger partial charge in [-0.15, -0.1) is 11.3 Å². The highest BCUT2D eigenvalue weighted by Gasteiger charge is 2.20. The summed E-state index contributed by atoms with van der Waals surface area (Å²) >= 11 is 3.14. The predicted molar refractivity (Wildman–Crippen MR) is 133 cm³/mol. The fourth-order valence-electron chi connectivity index (χ4n) is 3.21. The molecule has 0 aliphatic rings. The van der Waals surface area contributed by atoms with Crippen LogP contribution in [0.4, 0.5) is 14.9 Å². The van der Waals surface area contributed by atoms with Crippen molar-refractivity contribution in [2.75, 3.05) is 5.32 Å². The fraction of sp³-hybridized carbons (Fsp3) is 0.0952. The molecule has 2 aromatic heterocycles. The van der Waals surface area contributed by atoms with E-state index in [0.29, 0.717) is 16.7 Å². The number of nitrogens with zero attached hydrogens (tertiary/aromatic N) is 2. The first-order valence-corrected chi connectivity index (χ1v) is 12.8. The van der Waals surface area contributed by atoms with Gasteiger partial charge in [0.2, 0.25) is 0 Å². The lowest BCUT2D eigenvalue weighted by atomic mass is 10.2. The summed E-state index contributed by atoms with van der Waals surface area (Å²) < 4.78 is 43.4. The van der Waals surface area contributed by atoms with Crippen molar-refractivity contribution in [3.8, 4) is 5.69 Å². The van der Waals surface area contributed by atoms with Gasteiger partial charge in [-0.2, -0.15) is 0 Å². The maximum absolute atomic E-state index is 14.9. The van der Waals surface area contributed by atoms with Gasteiger partial charge in [0.15, 0.2) is 0 Å². The Morgan fingerprint density at radius 2 is 1.88 bits per heavy atom. The van der Waals surface area contributed by atoms with Crippen molar-refractivity contribution in [2.45, 2.75) is 18.1 Å². The third-order valence-corrected chi connectivity index (χ3v) is 8.15. The Labute approximate surface area is 205 Å². The molecule has 0 fully saturated rings. The minimum absolute atomic E-state index is 0.00924. The first kappa shape index (κ1) is 23.3. The number of amides is 2. The van der Waals surface area contributed by atoms with Crippen LogP contribution in [0.2, 0.25) is 0 Å². The van der Waals surface area contributed by atoms with Gasteiger partial charge in [-0.05, 0) is 85.0 Å². The number of hydrogen-bond acceptors (Lipinski definition) is 6. The molecule has 33 heavy (non-hydrogen) atoms. The molecule has 0 saturated carbocycles. The van der Waals surface area contributed by atoms with E-state index in [9.17, 15) is 22.4 Å². The van der Waals surface area contributed by atoms with Crippen molar-refractivity contribution in [1.29, 1.82) is 0 Å². The Morgan fingerprint density at radius 3 is 2.55 bits per heavy atom. The number of urea groups is 1. The Hall–Kier alpha value is -2.84. The highest BCUT2D eigenvalue weighted by atomic mass is 127. The smallest absolute Gasteiger partial charge is 0.307 e. The van der Waals surface area contributed by atoms with Crippen molar-refractivity contribution in [3.05, 3.63) is 79.0 Å². The van der Waals surface area contributed by atoms with Gasteiger partial charge < -0.3 is 5.32 Å². The molecule has 4 rings (SSSR count). The largest absolute Gasteiger partial charge is 0.333 e. The van der Waals surface area contributed by atoms with E-state index in [-0.39, 0.29) is 15.6 Å². The number of benzene rings is 2. The van der Waals surface area contributed by atoms with Crippen LogP contribution in [0.15, 0.2) is 57.5 Å². The molecule has 0 radical (unpaired) electrons. The lowest BCUT2D eigenvalue weighted by molar-refractivity contribution is 0.256. The van der Waals surface area contributed by atoms with Gasteiger partial charge in [-0.1, -0.05) is 0 Å². The number of halogens is 2. The van der Waals surface area contributed by atoms with Crippen LogP contribution in [0.3, 0.4) is 0 Å². The van der Waals surface area contributed by atoms with Crippen LogP contribution in [-0.2, 0) is 10.0 Å². The molecule has 2 amide bonds. The molecule has 2 heterocycles. The number of aromatic nitrogens is 2. The fourth-order valence-corrected chi connectivity index (χ4v) is 5.87. The third kappa shape index (κ3) is 4.77. The first-order chi connectivity index (χ1) is 15.5. The number of fused-ring (bicyclic) bond motifs is 1. The van der Waals surface area contributed by atoms with Crippen LogP contribution in [0.1, 0.15) is 10.7 Å². The molecule has 4 aromatic rings. The quantitative estimate of drug-likeness (QED) is 0.340. The first-order valence-electron chi connectivity index (χ1n) is 9.44. The summed E-state index contributed by atoms with van der Waals surface area (Å²) in [6.45, 7) is 3.34. The van der Waals surface area contributed by atoms with Crippen molar-refractivity contribution in [1.82, 2.24) is 14.3 Å². The topological polar surface area (TPSA) is 110 Å². The number of rotatable bonds is 4. The van der Waals surface area contributed by atoms with E-state index in [1.807, 2.05) is 4.72 Å². The average molecular weight is 598 g/mol. The molecule has 170 valence electrons. The summed E-state index contributed by atoms with van der Waals surface area (Å²) in [6, 6.07) is 10.8. The molecule has 0 aliphatic carbocycles. The van der Waals surface area contributed by atoms with E-state index in [1.165, 1.54) is 18.2 Å². The molecule has 0 saturated heterocycles. The SMILES string of the molecule is Cc1ccc(S(=O)(=O)NC(=O)Nc2ccc(-n3c(C)nc4cc(I)ccc4c3=O)c(F)c2)s1. The zero-order valence-electron chi connectivity index (χ0n) is 17.2. The van der Waals surface area contributed by atoms with Crippen molar-refractivity contribution in [3.63, 3.8) is 0 Å². The van der Waals surface area contributed by atoms with Gasteiger partial charge in [-0.3, -0.25) is 9.36 Å². The number of carbonyl (C=O) groups excluding carboxylic acids is 1. The second-order valence-electron chi connectivity index (χ2n) is 7.05. The van der Waals surface area contributed by atoms with Gasteiger partial charge >= 0.3 is 6.03 Å². The number of sulfonamides is 1. The number of hydrogen-bond donors (Lipinski definition) is 2. The molecule has 0 aliphatic heterocycles. The number of thiophene rings is 1. The second-order valence-corrected chi connectivity index (χ2v) is 11.5. The van der Waals surface area contributed by atoms with Crippen LogP contribution in [0.25, 0.3) is 16.6 Å².